The molecule has 1 N–H and O–H groups in total. The molecule has 0 aromatic rings. The highest BCUT2D eigenvalue weighted by Gasteiger charge is 2.36. The van der Waals surface area contributed by atoms with E-state index in [1.807, 2.05) is 0 Å². The molecule has 0 amide bonds. The second-order valence-corrected chi connectivity index (χ2v) is 10.1. The second kappa shape index (κ2) is 7.66. The van der Waals surface area contributed by atoms with Crippen molar-refractivity contribution in [2.24, 2.45) is 0 Å². The van der Waals surface area contributed by atoms with Crippen LogP contribution in [-0.2, 0) is 4.43 Å². The van der Waals surface area contributed by atoms with E-state index in [1.165, 1.54) is 0 Å². The molecule has 0 aliphatic carbocycles. The molecule has 0 aromatic carbocycles. The summed E-state index contributed by atoms with van der Waals surface area (Å²) in [7, 11) is -1.49. The minimum Gasteiger partial charge on any atom is -0.417 e. The average molecular weight is 254 g/mol. The molecule has 0 saturated carbocycles. The zero-order valence-corrected chi connectivity index (χ0v) is 13.0. The predicted octanol–water partition coefficient (Wildman–Crippen LogP) is 3.43. The lowest BCUT2D eigenvalue weighted by Crippen LogP contribution is -2.41. The van der Waals surface area contributed by atoms with Gasteiger partial charge in [0.1, 0.15) is 0 Å². The van der Waals surface area contributed by atoms with Crippen LogP contribution in [0, 0.1) is 0 Å². The third-order valence-electron chi connectivity index (χ3n) is 3.02. The number of rotatable bonds is 6. The summed E-state index contributed by atoms with van der Waals surface area (Å²) in [6.45, 7) is 16.6. The van der Waals surface area contributed by atoms with Crippen LogP contribution in [0.4, 0.5) is 0 Å². The number of hydrogen-bond acceptors (Lipinski definition) is 2. The topological polar surface area (TPSA) is 21.3 Å². The summed E-state index contributed by atoms with van der Waals surface area (Å²) in [6.07, 6.45) is 1.13. The van der Waals surface area contributed by atoms with Gasteiger partial charge in [-0.15, -0.1) is 12.4 Å². The molecule has 0 heterocycles. The zero-order chi connectivity index (χ0) is 11.2. The van der Waals surface area contributed by atoms with Gasteiger partial charge < -0.3 is 9.74 Å². The predicted molar refractivity (Wildman–Crippen MR) is 73.6 cm³/mol. The molecule has 0 spiro atoms. The molecule has 4 heteroatoms. The van der Waals surface area contributed by atoms with Gasteiger partial charge in [0.05, 0.1) is 0 Å². The first-order valence-corrected chi connectivity index (χ1v) is 8.57. The molecule has 0 fully saturated rings. The summed E-state index contributed by atoms with van der Waals surface area (Å²) in [4.78, 5) is 0. The Morgan fingerprint density at radius 1 is 1.20 bits per heavy atom. The minimum atomic E-state index is -1.49. The van der Waals surface area contributed by atoms with E-state index in [0.717, 1.165) is 26.1 Å². The van der Waals surface area contributed by atoms with Crippen molar-refractivity contribution in [3.63, 3.8) is 0 Å². The summed E-state index contributed by atoms with van der Waals surface area (Å²) in [5.74, 6) is 0. The van der Waals surface area contributed by atoms with Crippen LogP contribution in [0.3, 0.4) is 0 Å². The Balaban J connectivity index is 0. The third kappa shape index (κ3) is 7.34. The van der Waals surface area contributed by atoms with E-state index in [-0.39, 0.29) is 12.4 Å². The maximum absolute atomic E-state index is 6.04. The lowest BCUT2D eigenvalue weighted by molar-refractivity contribution is 0.281. The Morgan fingerprint density at radius 3 is 2.13 bits per heavy atom. The molecule has 0 atom stereocenters. The quantitative estimate of drug-likeness (QED) is 0.579. The monoisotopic (exact) mass is 253 g/mol. The van der Waals surface area contributed by atoms with Gasteiger partial charge in [0.2, 0.25) is 0 Å². The Labute approximate surface area is 103 Å². The summed E-state index contributed by atoms with van der Waals surface area (Å²) in [6, 6.07) is 0. The first-order valence-electron chi connectivity index (χ1n) is 5.66. The summed E-state index contributed by atoms with van der Waals surface area (Å²) < 4.78 is 6.04. The SMILES string of the molecule is CCNCCCO[Si](C)(C)C(C)(C)C.Cl. The molecular formula is C11H28ClNOSi. The van der Waals surface area contributed by atoms with E-state index in [2.05, 4.69) is 46.1 Å². The van der Waals surface area contributed by atoms with Crippen LogP contribution in [0.25, 0.3) is 0 Å². The highest BCUT2D eigenvalue weighted by Crippen LogP contribution is 2.36. The van der Waals surface area contributed by atoms with E-state index in [0.29, 0.717) is 5.04 Å². The van der Waals surface area contributed by atoms with Gasteiger partial charge >= 0.3 is 0 Å². The van der Waals surface area contributed by atoms with Crippen molar-refractivity contribution < 1.29 is 4.43 Å². The van der Waals surface area contributed by atoms with E-state index in [4.69, 9.17) is 4.43 Å². The smallest absolute Gasteiger partial charge is 0.191 e. The maximum atomic E-state index is 6.04. The molecule has 0 aliphatic heterocycles. The van der Waals surface area contributed by atoms with Crippen LogP contribution < -0.4 is 5.32 Å². The maximum Gasteiger partial charge on any atom is 0.191 e. The first-order chi connectivity index (χ1) is 6.31. The van der Waals surface area contributed by atoms with Gasteiger partial charge in [-0.1, -0.05) is 27.7 Å². The standard InChI is InChI=1S/C11H27NOSi.ClH/c1-7-12-9-8-10-13-14(5,6)11(2,3)4;/h12H,7-10H2,1-6H3;1H. The molecule has 0 rings (SSSR count). The molecule has 94 valence electrons. The molecule has 0 aromatic heterocycles. The summed E-state index contributed by atoms with van der Waals surface area (Å²) in [5, 5.41) is 3.65. The van der Waals surface area contributed by atoms with E-state index < -0.39 is 8.32 Å². The van der Waals surface area contributed by atoms with Crippen molar-refractivity contribution in [1.82, 2.24) is 5.32 Å². The van der Waals surface area contributed by atoms with Crippen molar-refractivity contribution in [3.05, 3.63) is 0 Å². The van der Waals surface area contributed by atoms with E-state index >= 15 is 0 Å². The fourth-order valence-electron chi connectivity index (χ4n) is 0.918. The van der Waals surface area contributed by atoms with Crippen molar-refractivity contribution >= 4 is 20.7 Å². The molecule has 0 saturated heterocycles. The average Bonchev–Trinajstić information content (AvgIpc) is 2.02. The van der Waals surface area contributed by atoms with Gasteiger partial charge in [-0.3, -0.25) is 0 Å². The molecular weight excluding hydrogens is 226 g/mol. The van der Waals surface area contributed by atoms with Gasteiger partial charge in [0, 0.05) is 6.61 Å². The van der Waals surface area contributed by atoms with Crippen LogP contribution in [-0.4, -0.2) is 28.0 Å². The van der Waals surface area contributed by atoms with E-state index in [9.17, 15) is 0 Å². The highest BCUT2D eigenvalue weighted by molar-refractivity contribution is 6.74. The van der Waals surface area contributed by atoms with Gasteiger partial charge in [-0.05, 0) is 37.6 Å². The lowest BCUT2D eigenvalue weighted by atomic mass is 10.2. The van der Waals surface area contributed by atoms with Crippen molar-refractivity contribution in [2.75, 3.05) is 19.7 Å². The summed E-state index contributed by atoms with van der Waals surface area (Å²) >= 11 is 0. The van der Waals surface area contributed by atoms with Crippen molar-refractivity contribution in [2.45, 2.75) is 52.2 Å². The molecule has 2 nitrogen and oxygen atoms in total. The lowest BCUT2D eigenvalue weighted by Gasteiger charge is -2.36. The summed E-state index contributed by atoms with van der Waals surface area (Å²) in [5.41, 5.74) is 0. The Bertz CT molecular complexity index is 157. The van der Waals surface area contributed by atoms with Gasteiger partial charge in [-0.2, -0.15) is 0 Å². The Morgan fingerprint density at radius 2 is 1.73 bits per heavy atom. The highest BCUT2D eigenvalue weighted by atomic mass is 35.5. The van der Waals surface area contributed by atoms with Gasteiger partial charge in [0.15, 0.2) is 8.32 Å². The first kappa shape index (κ1) is 17.8. The molecule has 15 heavy (non-hydrogen) atoms. The third-order valence-corrected chi connectivity index (χ3v) is 7.56. The van der Waals surface area contributed by atoms with E-state index in [1.54, 1.807) is 0 Å². The van der Waals surface area contributed by atoms with Crippen LogP contribution in [0.5, 0.6) is 0 Å². The number of nitrogens with one attached hydrogen (secondary N) is 1. The Hall–Kier alpha value is 0.427. The fraction of sp³-hybridized carbons (Fsp3) is 1.00. The second-order valence-electron chi connectivity index (χ2n) is 5.32. The van der Waals surface area contributed by atoms with Crippen molar-refractivity contribution in [1.29, 1.82) is 0 Å². The number of halogens is 1. The van der Waals surface area contributed by atoms with Crippen LogP contribution >= 0.6 is 12.4 Å². The largest absolute Gasteiger partial charge is 0.417 e. The van der Waals surface area contributed by atoms with Crippen molar-refractivity contribution in [3.8, 4) is 0 Å². The van der Waals surface area contributed by atoms with Crippen LogP contribution in [0.1, 0.15) is 34.1 Å². The number of hydrogen-bond donors (Lipinski definition) is 1. The normalized spacial score (nSPS) is 12.4. The zero-order valence-electron chi connectivity index (χ0n) is 11.1. The fourth-order valence-corrected chi connectivity index (χ4v) is 2.01. The van der Waals surface area contributed by atoms with Crippen LogP contribution in [0.15, 0.2) is 0 Å². The molecule has 0 bridgehead atoms. The van der Waals surface area contributed by atoms with Gasteiger partial charge in [-0.25, -0.2) is 0 Å². The molecule has 0 unspecified atom stereocenters. The molecule has 0 radical (unpaired) electrons. The Kier molecular flexibility index (Phi) is 9.09. The minimum absolute atomic E-state index is 0. The van der Waals surface area contributed by atoms with Crippen LogP contribution in [0.2, 0.25) is 18.1 Å². The van der Waals surface area contributed by atoms with Gasteiger partial charge in [0.25, 0.3) is 0 Å². The molecule has 0 aliphatic rings.